The summed E-state index contributed by atoms with van der Waals surface area (Å²) in [7, 11) is 0. The fourth-order valence-electron chi connectivity index (χ4n) is 2.43. The van der Waals surface area contributed by atoms with E-state index < -0.39 is 6.10 Å². The van der Waals surface area contributed by atoms with Crippen LogP contribution in [0.4, 0.5) is 0 Å². The Morgan fingerprint density at radius 2 is 2.05 bits per heavy atom. The van der Waals surface area contributed by atoms with Crippen LogP contribution in [-0.2, 0) is 0 Å². The third-order valence-corrected chi connectivity index (χ3v) is 3.89. The Balaban J connectivity index is 1.76. The first-order valence-electron chi connectivity index (χ1n) is 6.76. The molecule has 0 aromatic heterocycles. The molecule has 1 fully saturated rings. The van der Waals surface area contributed by atoms with Crippen molar-refractivity contribution in [2.24, 2.45) is 11.7 Å². The lowest BCUT2D eigenvalue weighted by atomic mass is 10.1. The van der Waals surface area contributed by atoms with Crippen LogP contribution in [0.1, 0.15) is 6.42 Å². The third kappa shape index (κ3) is 4.79. The highest BCUT2D eigenvalue weighted by atomic mass is 35.5. The Morgan fingerprint density at radius 1 is 1.35 bits per heavy atom. The Kier molecular flexibility index (Phi) is 5.93. The highest BCUT2D eigenvalue weighted by Gasteiger charge is 2.23. The first kappa shape index (κ1) is 15.9. The van der Waals surface area contributed by atoms with Crippen LogP contribution < -0.4 is 10.5 Å². The second-order valence-electron chi connectivity index (χ2n) is 5.22. The summed E-state index contributed by atoms with van der Waals surface area (Å²) in [5.74, 6) is 1.12. The molecule has 20 heavy (non-hydrogen) atoms. The highest BCUT2D eigenvalue weighted by Crippen LogP contribution is 2.24. The van der Waals surface area contributed by atoms with Crippen molar-refractivity contribution in [3.05, 3.63) is 28.2 Å². The van der Waals surface area contributed by atoms with Crippen molar-refractivity contribution in [1.29, 1.82) is 0 Å². The number of nitrogens with two attached hydrogens (primary N) is 1. The fraction of sp³-hybridized carbons (Fsp3) is 0.571. The maximum Gasteiger partial charge on any atom is 0.122 e. The van der Waals surface area contributed by atoms with Gasteiger partial charge in [0.15, 0.2) is 0 Å². The lowest BCUT2D eigenvalue weighted by Crippen LogP contribution is -2.34. The van der Waals surface area contributed by atoms with Gasteiger partial charge in [-0.05, 0) is 43.6 Å². The van der Waals surface area contributed by atoms with Crippen molar-refractivity contribution in [3.8, 4) is 5.75 Å². The molecule has 1 aliphatic heterocycles. The number of hydrogen-bond acceptors (Lipinski definition) is 4. The summed E-state index contributed by atoms with van der Waals surface area (Å²) in [6, 6.07) is 5.00. The lowest BCUT2D eigenvalue weighted by molar-refractivity contribution is 0.0748. The van der Waals surface area contributed by atoms with Gasteiger partial charge < -0.3 is 20.5 Å². The number of ether oxygens (including phenoxy) is 1. The summed E-state index contributed by atoms with van der Waals surface area (Å²) < 4.78 is 5.52. The fourth-order valence-corrected chi connectivity index (χ4v) is 2.93. The van der Waals surface area contributed by atoms with Gasteiger partial charge in [-0.15, -0.1) is 0 Å². The molecule has 1 heterocycles. The summed E-state index contributed by atoms with van der Waals surface area (Å²) in [5.41, 5.74) is 5.65. The van der Waals surface area contributed by atoms with Crippen LogP contribution >= 0.6 is 23.2 Å². The molecule has 0 amide bonds. The minimum atomic E-state index is -0.538. The number of aliphatic hydroxyl groups excluding tert-OH is 1. The standard InChI is InChI=1S/C14H20Cl2N2O2/c15-11-3-12(16)5-14(4-11)20-9-13(19)8-18-2-1-10(6-17)7-18/h3-5,10,13,19H,1-2,6-9,17H2. The molecular formula is C14H20Cl2N2O2. The molecule has 0 bridgehead atoms. The molecule has 1 saturated heterocycles. The summed E-state index contributed by atoms with van der Waals surface area (Å²) in [6.45, 7) is 3.48. The number of rotatable bonds is 6. The van der Waals surface area contributed by atoms with E-state index in [1.54, 1.807) is 18.2 Å². The van der Waals surface area contributed by atoms with Crippen LogP contribution in [0.3, 0.4) is 0 Å². The molecule has 0 aliphatic carbocycles. The zero-order valence-corrected chi connectivity index (χ0v) is 12.8. The van der Waals surface area contributed by atoms with Crippen LogP contribution in [0.15, 0.2) is 18.2 Å². The molecule has 0 saturated carbocycles. The van der Waals surface area contributed by atoms with Gasteiger partial charge in [0.1, 0.15) is 18.5 Å². The molecule has 0 radical (unpaired) electrons. The highest BCUT2D eigenvalue weighted by molar-refractivity contribution is 6.34. The van der Waals surface area contributed by atoms with E-state index >= 15 is 0 Å². The van der Waals surface area contributed by atoms with E-state index in [0.29, 0.717) is 34.8 Å². The van der Waals surface area contributed by atoms with Crippen LogP contribution in [0.25, 0.3) is 0 Å². The van der Waals surface area contributed by atoms with Crippen LogP contribution in [0.2, 0.25) is 10.0 Å². The Bertz CT molecular complexity index is 425. The molecule has 2 rings (SSSR count). The zero-order valence-electron chi connectivity index (χ0n) is 11.3. The van der Waals surface area contributed by atoms with E-state index in [1.807, 2.05) is 0 Å². The first-order valence-corrected chi connectivity index (χ1v) is 7.52. The van der Waals surface area contributed by atoms with Crippen LogP contribution in [-0.4, -0.2) is 48.9 Å². The maximum absolute atomic E-state index is 10.0. The van der Waals surface area contributed by atoms with Gasteiger partial charge in [-0.3, -0.25) is 0 Å². The van der Waals surface area contributed by atoms with Crippen LogP contribution in [0, 0.1) is 5.92 Å². The Hall–Kier alpha value is -0.520. The minimum Gasteiger partial charge on any atom is -0.491 e. The summed E-state index contributed by atoms with van der Waals surface area (Å²) in [4.78, 5) is 2.22. The predicted octanol–water partition coefficient (Wildman–Crippen LogP) is 2.01. The van der Waals surface area contributed by atoms with Gasteiger partial charge in [0.2, 0.25) is 0 Å². The Labute approximate surface area is 129 Å². The predicted molar refractivity (Wildman–Crippen MR) is 81.6 cm³/mol. The van der Waals surface area contributed by atoms with Crippen molar-refractivity contribution in [2.45, 2.75) is 12.5 Å². The van der Waals surface area contributed by atoms with Gasteiger partial charge in [0, 0.05) is 23.1 Å². The number of likely N-dealkylation sites (tertiary alicyclic amines) is 1. The molecule has 6 heteroatoms. The average molecular weight is 319 g/mol. The molecule has 1 aromatic rings. The molecule has 2 atom stereocenters. The molecule has 2 unspecified atom stereocenters. The third-order valence-electron chi connectivity index (χ3n) is 3.45. The normalized spacial score (nSPS) is 21.1. The second kappa shape index (κ2) is 7.48. The van der Waals surface area contributed by atoms with Crippen LogP contribution in [0.5, 0.6) is 5.75 Å². The SMILES string of the molecule is NCC1CCN(CC(O)COc2cc(Cl)cc(Cl)c2)C1. The number of halogens is 2. The lowest BCUT2D eigenvalue weighted by Gasteiger charge is -2.20. The van der Waals surface area contributed by atoms with E-state index in [0.717, 1.165) is 19.5 Å². The van der Waals surface area contributed by atoms with E-state index in [9.17, 15) is 5.11 Å². The first-order chi connectivity index (χ1) is 9.56. The largest absolute Gasteiger partial charge is 0.491 e. The zero-order chi connectivity index (χ0) is 14.5. The monoisotopic (exact) mass is 318 g/mol. The minimum absolute atomic E-state index is 0.223. The van der Waals surface area contributed by atoms with Crippen molar-refractivity contribution in [2.75, 3.05) is 32.8 Å². The quantitative estimate of drug-likeness (QED) is 0.842. The maximum atomic E-state index is 10.0. The van der Waals surface area contributed by atoms with Crippen molar-refractivity contribution >= 4 is 23.2 Å². The summed E-state index contributed by atoms with van der Waals surface area (Å²) >= 11 is 11.8. The van der Waals surface area contributed by atoms with Crippen molar-refractivity contribution in [1.82, 2.24) is 4.90 Å². The molecular weight excluding hydrogens is 299 g/mol. The molecule has 4 nitrogen and oxygen atoms in total. The van der Waals surface area contributed by atoms with Gasteiger partial charge >= 0.3 is 0 Å². The Morgan fingerprint density at radius 3 is 2.65 bits per heavy atom. The topological polar surface area (TPSA) is 58.7 Å². The smallest absolute Gasteiger partial charge is 0.122 e. The number of aliphatic hydroxyl groups is 1. The van der Waals surface area contributed by atoms with E-state index in [4.69, 9.17) is 33.7 Å². The summed E-state index contributed by atoms with van der Waals surface area (Å²) in [6.07, 6.45) is 0.567. The van der Waals surface area contributed by atoms with Gasteiger partial charge in [0.25, 0.3) is 0 Å². The van der Waals surface area contributed by atoms with E-state index in [-0.39, 0.29) is 6.61 Å². The van der Waals surface area contributed by atoms with Gasteiger partial charge in [0.05, 0.1) is 0 Å². The van der Waals surface area contributed by atoms with Gasteiger partial charge in [-0.2, -0.15) is 0 Å². The van der Waals surface area contributed by atoms with E-state index in [2.05, 4.69) is 4.90 Å². The molecule has 0 spiro atoms. The molecule has 112 valence electrons. The number of β-amino-alcohol motifs (C(OH)–C–C–N with tert-alkyl or cyclic N) is 1. The van der Waals surface area contributed by atoms with Crippen molar-refractivity contribution < 1.29 is 9.84 Å². The molecule has 3 N–H and O–H groups in total. The van der Waals surface area contributed by atoms with Crippen molar-refractivity contribution in [3.63, 3.8) is 0 Å². The number of hydrogen-bond donors (Lipinski definition) is 2. The number of benzene rings is 1. The average Bonchev–Trinajstić information content (AvgIpc) is 2.83. The number of nitrogens with zero attached hydrogens (tertiary/aromatic N) is 1. The molecule has 1 aliphatic rings. The molecule has 1 aromatic carbocycles. The van der Waals surface area contributed by atoms with E-state index in [1.165, 1.54) is 0 Å². The van der Waals surface area contributed by atoms with Gasteiger partial charge in [-0.25, -0.2) is 0 Å². The second-order valence-corrected chi connectivity index (χ2v) is 6.09. The van der Waals surface area contributed by atoms with Gasteiger partial charge in [-0.1, -0.05) is 23.2 Å². The summed E-state index contributed by atoms with van der Waals surface area (Å²) in [5, 5.41) is 11.0.